The van der Waals surface area contributed by atoms with Gasteiger partial charge in [0, 0.05) is 17.6 Å². The zero-order chi connectivity index (χ0) is 25.4. The van der Waals surface area contributed by atoms with Gasteiger partial charge in [-0.1, -0.05) is 23.7 Å². The minimum absolute atomic E-state index is 0.0252. The Morgan fingerprint density at radius 1 is 1.17 bits per heavy atom. The number of hydrogen-bond donors (Lipinski definition) is 1. The van der Waals surface area contributed by atoms with Gasteiger partial charge in [0.05, 0.1) is 39.5 Å². The topological polar surface area (TPSA) is 133 Å². The lowest BCUT2D eigenvalue weighted by molar-refractivity contribution is -0.386. The summed E-state index contributed by atoms with van der Waals surface area (Å²) >= 11 is 6.02. The molecule has 1 amide bonds. The first-order chi connectivity index (χ1) is 16.6. The van der Waals surface area contributed by atoms with Crippen LogP contribution in [0.5, 0.6) is 0 Å². The van der Waals surface area contributed by atoms with Gasteiger partial charge >= 0.3 is 5.69 Å². The van der Waals surface area contributed by atoms with Crippen molar-refractivity contribution in [3.8, 4) is 11.3 Å². The molecule has 0 fully saturated rings. The summed E-state index contributed by atoms with van der Waals surface area (Å²) in [5.41, 5.74) is 6.83. The van der Waals surface area contributed by atoms with E-state index in [2.05, 4.69) is 20.7 Å². The number of rotatable bonds is 6. The number of hydrazone groups is 1. The van der Waals surface area contributed by atoms with E-state index >= 15 is 0 Å². The molecule has 0 spiro atoms. The molecule has 180 valence electrons. The molecule has 12 heteroatoms. The Balaban J connectivity index is 1.65. The van der Waals surface area contributed by atoms with Gasteiger partial charge in [-0.15, -0.1) is 0 Å². The molecule has 0 unspecified atom stereocenters. The average molecular weight is 495 g/mol. The number of pyridine rings is 1. The summed E-state index contributed by atoms with van der Waals surface area (Å²) in [5.74, 6) is -0.428. The molecule has 35 heavy (non-hydrogen) atoms. The maximum atomic E-state index is 13.2. The Kier molecular flexibility index (Phi) is 6.35. The maximum Gasteiger partial charge on any atom is 0.312 e. The summed E-state index contributed by atoms with van der Waals surface area (Å²) in [7, 11) is 1.77. The van der Waals surface area contributed by atoms with E-state index in [1.807, 2.05) is 19.1 Å². The van der Waals surface area contributed by atoms with Crippen LogP contribution in [0.15, 0.2) is 35.4 Å². The number of benzene rings is 1. The number of halogens is 1. The van der Waals surface area contributed by atoms with Crippen molar-refractivity contribution in [2.24, 2.45) is 12.1 Å². The van der Waals surface area contributed by atoms with Crippen LogP contribution in [0, 0.1) is 30.9 Å². The van der Waals surface area contributed by atoms with Crippen LogP contribution >= 0.6 is 11.6 Å². The number of carbonyl (C=O) groups is 1. The molecule has 0 aliphatic rings. The van der Waals surface area contributed by atoms with Crippen LogP contribution in [0.1, 0.15) is 34.4 Å². The molecule has 0 radical (unpaired) electrons. The number of amides is 1. The molecule has 1 N–H and O–H groups in total. The highest BCUT2D eigenvalue weighted by Gasteiger charge is 2.22. The number of fused-ring (bicyclic) bond motifs is 1. The van der Waals surface area contributed by atoms with Gasteiger partial charge in [-0.3, -0.25) is 24.3 Å². The van der Waals surface area contributed by atoms with Crippen LogP contribution in [0.25, 0.3) is 22.3 Å². The summed E-state index contributed by atoms with van der Waals surface area (Å²) < 4.78 is 3.12. The molecule has 0 saturated carbocycles. The van der Waals surface area contributed by atoms with E-state index in [4.69, 9.17) is 16.6 Å². The van der Waals surface area contributed by atoms with Crippen molar-refractivity contribution in [3.05, 3.63) is 68.1 Å². The quantitative estimate of drug-likeness (QED) is 0.243. The van der Waals surface area contributed by atoms with E-state index in [0.717, 1.165) is 5.56 Å². The van der Waals surface area contributed by atoms with Gasteiger partial charge in [0.2, 0.25) is 0 Å². The molecule has 11 nitrogen and oxygen atoms in total. The van der Waals surface area contributed by atoms with Crippen molar-refractivity contribution >= 4 is 39.9 Å². The SMILES string of the molecule is C/C(Cn1nc(C)c([N+](=O)[O-])c1C)=N\NC(=O)c1cc(-c2ccc(Cl)cc2)nc2c1c(C)nn2C. The van der Waals surface area contributed by atoms with Crippen molar-refractivity contribution in [1.29, 1.82) is 0 Å². The zero-order valence-corrected chi connectivity index (χ0v) is 20.6. The number of nitro groups is 1. The van der Waals surface area contributed by atoms with Gasteiger partial charge in [0.1, 0.15) is 11.4 Å². The molecular weight excluding hydrogens is 472 g/mol. The van der Waals surface area contributed by atoms with Gasteiger partial charge in [0.15, 0.2) is 5.65 Å². The van der Waals surface area contributed by atoms with Crippen molar-refractivity contribution in [3.63, 3.8) is 0 Å². The van der Waals surface area contributed by atoms with Gasteiger partial charge in [-0.05, 0) is 45.9 Å². The highest BCUT2D eigenvalue weighted by Crippen LogP contribution is 2.28. The van der Waals surface area contributed by atoms with Crippen molar-refractivity contribution < 1.29 is 9.72 Å². The molecular formula is C23H23ClN8O3. The van der Waals surface area contributed by atoms with Crippen LogP contribution in [-0.4, -0.2) is 41.1 Å². The van der Waals surface area contributed by atoms with E-state index in [1.165, 1.54) is 4.68 Å². The summed E-state index contributed by atoms with van der Waals surface area (Å²) in [5, 5.41) is 25.3. The van der Waals surface area contributed by atoms with Gasteiger partial charge < -0.3 is 0 Å². The summed E-state index contributed by atoms with van der Waals surface area (Å²) in [4.78, 5) is 28.7. The van der Waals surface area contributed by atoms with E-state index in [9.17, 15) is 14.9 Å². The lowest BCUT2D eigenvalue weighted by Crippen LogP contribution is -2.21. The zero-order valence-electron chi connectivity index (χ0n) is 19.8. The molecule has 0 bridgehead atoms. The second-order valence-corrected chi connectivity index (χ2v) is 8.63. The fourth-order valence-electron chi connectivity index (χ4n) is 3.96. The summed E-state index contributed by atoms with van der Waals surface area (Å²) in [6, 6.07) is 8.88. The monoisotopic (exact) mass is 494 g/mol. The second-order valence-electron chi connectivity index (χ2n) is 8.19. The van der Waals surface area contributed by atoms with Crippen molar-refractivity contribution in [2.45, 2.75) is 34.2 Å². The highest BCUT2D eigenvalue weighted by molar-refractivity contribution is 6.30. The van der Waals surface area contributed by atoms with Crippen molar-refractivity contribution in [1.82, 2.24) is 30.0 Å². The normalized spacial score (nSPS) is 11.8. The fourth-order valence-corrected chi connectivity index (χ4v) is 4.08. The molecule has 0 saturated heterocycles. The summed E-state index contributed by atoms with van der Waals surface area (Å²) in [6.45, 7) is 6.92. The van der Waals surface area contributed by atoms with Gasteiger partial charge in [-0.25, -0.2) is 10.4 Å². The van der Waals surface area contributed by atoms with E-state index in [1.54, 1.807) is 50.7 Å². The number of carbonyl (C=O) groups excluding carboxylic acids is 1. The molecule has 4 aromatic rings. The van der Waals surface area contributed by atoms with Crippen LogP contribution in [0.4, 0.5) is 5.69 Å². The van der Waals surface area contributed by atoms with Crippen LogP contribution in [0.3, 0.4) is 0 Å². The fraction of sp³-hybridized carbons (Fsp3) is 0.261. The average Bonchev–Trinajstić information content (AvgIpc) is 3.25. The first-order valence-electron chi connectivity index (χ1n) is 10.7. The minimum Gasteiger partial charge on any atom is -0.267 e. The predicted octanol–water partition coefficient (Wildman–Crippen LogP) is 4.12. The third-order valence-corrected chi connectivity index (χ3v) is 5.86. The molecule has 0 aliphatic heterocycles. The Morgan fingerprint density at radius 3 is 2.49 bits per heavy atom. The Morgan fingerprint density at radius 2 is 1.86 bits per heavy atom. The lowest BCUT2D eigenvalue weighted by Gasteiger charge is -2.09. The minimum atomic E-state index is -0.453. The standard InChI is InChI=1S/C23H23ClN8O3/c1-12(11-31-15(4)21(32(34)35)14(3)29-31)26-27-23(33)18-10-19(16-6-8-17(24)9-7-16)25-22-20(18)13(2)28-30(22)5/h6-10H,11H2,1-5H3,(H,27,33)/b26-12+. The predicted molar refractivity (Wildman–Crippen MR) is 133 cm³/mol. The van der Waals surface area contributed by atoms with E-state index < -0.39 is 10.8 Å². The van der Waals surface area contributed by atoms with Crippen LogP contribution in [-0.2, 0) is 13.6 Å². The molecule has 4 rings (SSSR count). The third kappa shape index (κ3) is 4.62. The number of nitrogens with zero attached hydrogens (tertiary/aromatic N) is 7. The first-order valence-corrected chi connectivity index (χ1v) is 11.1. The lowest BCUT2D eigenvalue weighted by atomic mass is 10.1. The third-order valence-electron chi connectivity index (χ3n) is 5.61. The number of hydrogen-bond acceptors (Lipinski definition) is 7. The van der Waals surface area contributed by atoms with Crippen molar-refractivity contribution in [2.75, 3.05) is 0 Å². The molecule has 0 atom stereocenters. The first kappa shape index (κ1) is 24.0. The summed E-state index contributed by atoms with van der Waals surface area (Å²) in [6.07, 6.45) is 0. The molecule has 3 aromatic heterocycles. The Labute approximate surface area is 205 Å². The molecule has 1 aromatic carbocycles. The van der Waals surface area contributed by atoms with Gasteiger partial charge in [0.25, 0.3) is 5.91 Å². The van der Waals surface area contributed by atoms with E-state index in [-0.39, 0.29) is 12.2 Å². The molecule has 3 heterocycles. The number of nitrogens with one attached hydrogen (secondary N) is 1. The highest BCUT2D eigenvalue weighted by atomic mass is 35.5. The smallest absolute Gasteiger partial charge is 0.267 e. The Bertz CT molecular complexity index is 1500. The van der Waals surface area contributed by atoms with Crippen LogP contribution in [0.2, 0.25) is 5.02 Å². The van der Waals surface area contributed by atoms with Crippen LogP contribution < -0.4 is 5.43 Å². The number of aromatic nitrogens is 5. The number of aryl methyl sites for hydroxylation is 3. The second kappa shape index (κ2) is 9.26. The largest absolute Gasteiger partial charge is 0.312 e. The Hall–Kier alpha value is -4.12. The maximum absolute atomic E-state index is 13.2. The van der Waals surface area contributed by atoms with Gasteiger partial charge in [-0.2, -0.15) is 15.3 Å². The van der Waals surface area contributed by atoms with E-state index in [0.29, 0.717) is 50.1 Å². The molecule has 0 aliphatic carbocycles.